The highest BCUT2D eigenvalue weighted by molar-refractivity contribution is 7.18. The van der Waals surface area contributed by atoms with Crippen LogP contribution in [0.25, 0.3) is 11.6 Å². The van der Waals surface area contributed by atoms with Crippen molar-refractivity contribution in [1.29, 1.82) is 0 Å². The van der Waals surface area contributed by atoms with Crippen LogP contribution in [-0.2, 0) is 4.79 Å². The molecule has 3 rings (SSSR count). The van der Waals surface area contributed by atoms with E-state index in [2.05, 4.69) is 10.3 Å². The Morgan fingerprint density at radius 3 is 3.00 bits per heavy atom. The Labute approximate surface area is 131 Å². The van der Waals surface area contributed by atoms with Gasteiger partial charge in [0.05, 0.1) is 17.1 Å². The number of anilines is 1. The fraction of sp³-hybridized carbons (Fsp3) is 0.200. The van der Waals surface area contributed by atoms with Crippen molar-refractivity contribution in [2.45, 2.75) is 0 Å². The summed E-state index contributed by atoms with van der Waals surface area (Å²) in [5.41, 5.74) is 2.11. The molecule has 3 N–H and O–H groups in total. The number of likely N-dealkylation sites (N-methyl/N-ethyl adjacent to an activating group) is 1. The second kappa shape index (κ2) is 5.78. The van der Waals surface area contributed by atoms with Gasteiger partial charge in [0.15, 0.2) is 0 Å². The predicted octanol–water partition coefficient (Wildman–Crippen LogP) is 1.63. The average molecular weight is 317 g/mol. The number of aliphatic hydroxyl groups is 1. The average Bonchev–Trinajstić information content (AvgIpc) is 3.18. The van der Waals surface area contributed by atoms with Crippen LogP contribution in [-0.4, -0.2) is 47.0 Å². The van der Waals surface area contributed by atoms with Gasteiger partial charge in [-0.1, -0.05) is 0 Å². The monoisotopic (exact) mass is 317 g/mol. The highest BCUT2D eigenvalue weighted by atomic mass is 32.1. The molecule has 0 atom stereocenters. The molecule has 0 unspecified atom stereocenters. The third-order valence-electron chi connectivity index (χ3n) is 3.41. The molecule has 114 valence electrons. The molecule has 0 aromatic carbocycles. The topological polar surface area (TPSA) is 85.4 Å². The molecule has 0 saturated heterocycles. The minimum Gasteiger partial charge on any atom is -0.395 e. The van der Waals surface area contributed by atoms with Gasteiger partial charge in [-0.15, -0.1) is 11.3 Å². The van der Waals surface area contributed by atoms with Crippen molar-refractivity contribution in [3.8, 4) is 0 Å². The van der Waals surface area contributed by atoms with E-state index in [-0.39, 0.29) is 25.0 Å². The zero-order chi connectivity index (χ0) is 15.7. The summed E-state index contributed by atoms with van der Waals surface area (Å²) in [6.45, 7) is 0.195. The first-order valence-electron chi connectivity index (χ1n) is 6.77. The van der Waals surface area contributed by atoms with Crippen LogP contribution in [0.1, 0.15) is 20.9 Å². The van der Waals surface area contributed by atoms with Crippen LogP contribution in [0.4, 0.5) is 5.00 Å². The molecule has 1 aliphatic rings. The molecular weight excluding hydrogens is 302 g/mol. The molecule has 1 aliphatic heterocycles. The van der Waals surface area contributed by atoms with Crippen molar-refractivity contribution in [2.75, 3.05) is 25.5 Å². The lowest BCUT2D eigenvalue weighted by Crippen LogP contribution is -2.28. The first kappa shape index (κ1) is 14.6. The van der Waals surface area contributed by atoms with E-state index in [0.717, 1.165) is 11.3 Å². The van der Waals surface area contributed by atoms with E-state index in [1.807, 2.05) is 12.1 Å². The van der Waals surface area contributed by atoms with Gasteiger partial charge in [0, 0.05) is 31.0 Å². The Balaban J connectivity index is 1.92. The fourth-order valence-corrected chi connectivity index (χ4v) is 3.32. The molecule has 0 saturated carbocycles. The van der Waals surface area contributed by atoms with E-state index in [1.54, 1.807) is 25.4 Å². The first-order chi connectivity index (χ1) is 10.6. The van der Waals surface area contributed by atoms with Crippen molar-refractivity contribution in [2.24, 2.45) is 0 Å². The lowest BCUT2D eigenvalue weighted by molar-refractivity contribution is -0.110. The summed E-state index contributed by atoms with van der Waals surface area (Å²) in [7, 11) is 1.64. The zero-order valence-corrected chi connectivity index (χ0v) is 12.7. The maximum atomic E-state index is 12.2. The number of fused-ring (bicyclic) bond motifs is 1. The Hall–Kier alpha value is -2.38. The summed E-state index contributed by atoms with van der Waals surface area (Å²) < 4.78 is 0. The molecule has 0 aliphatic carbocycles. The van der Waals surface area contributed by atoms with Crippen molar-refractivity contribution >= 4 is 39.8 Å². The molecule has 7 heteroatoms. The number of nitrogens with zero attached hydrogens (tertiary/aromatic N) is 1. The van der Waals surface area contributed by atoms with Crippen molar-refractivity contribution in [3.63, 3.8) is 0 Å². The Bertz CT molecular complexity index is 746. The van der Waals surface area contributed by atoms with E-state index < -0.39 is 0 Å². The van der Waals surface area contributed by atoms with Crippen LogP contribution in [0.5, 0.6) is 0 Å². The number of hydrogen-bond acceptors (Lipinski definition) is 4. The molecule has 2 aromatic heterocycles. The molecule has 3 heterocycles. The van der Waals surface area contributed by atoms with Gasteiger partial charge < -0.3 is 20.3 Å². The zero-order valence-electron chi connectivity index (χ0n) is 11.9. The Morgan fingerprint density at radius 1 is 1.50 bits per heavy atom. The van der Waals surface area contributed by atoms with Crippen LogP contribution < -0.4 is 5.32 Å². The summed E-state index contributed by atoms with van der Waals surface area (Å²) in [6, 6.07) is 5.45. The molecule has 6 nitrogen and oxygen atoms in total. The number of carbonyl (C=O) groups is 2. The minimum absolute atomic E-state index is 0.0813. The quantitative estimate of drug-likeness (QED) is 0.749. The van der Waals surface area contributed by atoms with Gasteiger partial charge in [0.2, 0.25) is 0 Å². The molecule has 2 aromatic rings. The van der Waals surface area contributed by atoms with Crippen LogP contribution in [0.2, 0.25) is 0 Å². The van der Waals surface area contributed by atoms with E-state index in [0.29, 0.717) is 15.5 Å². The van der Waals surface area contributed by atoms with Gasteiger partial charge in [-0.05, 0) is 24.3 Å². The van der Waals surface area contributed by atoms with Crippen LogP contribution >= 0.6 is 11.3 Å². The molecule has 0 fully saturated rings. The molecule has 0 spiro atoms. The number of amides is 2. The highest BCUT2D eigenvalue weighted by Gasteiger charge is 2.29. The van der Waals surface area contributed by atoms with Crippen molar-refractivity contribution < 1.29 is 14.7 Å². The van der Waals surface area contributed by atoms with Crippen LogP contribution in [0, 0.1) is 0 Å². The number of aromatic amines is 1. The second-order valence-electron chi connectivity index (χ2n) is 4.94. The fourth-order valence-electron chi connectivity index (χ4n) is 2.25. The van der Waals surface area contributed by atoms with E-state index >= 15 is 0 Å². The SMILES string of the molecule is CN(CCO)C(=O)c1cc2c(s1)NC(=O)/C2=C/c1ccc[nH]1. The number of aliphatic hydroxyl groups excluding tert-OH is 1. The summed E-state index contributed by atoms with van der Waals surface area (Å²) in [5.74, 6) is -0.333. The van der Waals surface area contributed by atoms with Gasteiger partial charge in [-0.2, -0.15) is 0 Å². The number of rotatable bonds is 4. The third kappa shape index (κ3) is 2.56. The second-order valence-corrected chi connectivity index (χ2v) is 5.99. The lowest BCUT2D eigenvalue weighted by Gasteiger charge is -2.14. The van der Waals surface area contributed by atoms with E-state index in [4.69, 9.17) is 5.11 Å². The maximum Gasteiger partial charge on any atom is 0.263 e. The largest absolute Gasteiger partial charge is 0.395 e. The van der Waals surface area contributed by atoms with Gasteiger partial charge >= 0.3 is 0 Å². The standard InChI is InChI=1S/C15H15N3O3S/c1-18(5-6-19)15(21)12-8-11-10(7-9-3-2-4-16-9)13(20)17-14(11)22-12/h2-4,7-8,16,19H,5-6H2,1H3,(H,17,20)/b10-7+. The van der Waals surface area contributed by atoms with Gasteiger partial charge in [-0.25, -0.2) is 0 Å². The molecule has 0 radical (unpaired) electrons. The lowest BCUT2D eigenvalue weighted by atomic mass is 10.1. The molecular formula is C15H15N3O3S. The van der Waals surface area contributed by atoms with Crippen LogP contribution in [0.3, 0.4) is 0 Å². The number of nitrogens with one attached hydrogen (secondary N) is 2. The van der Waals surface area contributed by atoms with Gasteiger partial charge in [-0.3, -0.25) is 9.59 Å². The Morgan fingerprint density at radius 2 is 2.32 bits per heavy atom. The molecule has 22 heavy (non-hydrogen) atoms. The predicted molar refractivity (Wildman–Crippen MR) is 85.7 cm³/mol. The maximum absolute atomic E-state index is 12.2. The summed E-state index contributed by atoms with van der Waals surface area (Å²) in [6.07, 6.45) is 3.55. The number of aromatic nitrogens is 1. The smallest absolute Gasteiger partial charge is 0.263 e. The van der Waals surface area contributed by atoms with Crippen molar-refractivity contribution in [3.05, 3.63) is 40.5 Å². The Kier molecular flexibility index (Phi) is 3.82. The van der Waals surface area contributed by atoms with Crippen LogP contribution in [0.15, 0.2) is 24.4 Å². The first-order valence-corrected chi connectivity index (χ1v) is 7.58. The molecule has 2 amide bonds. The summed E-state index contributed by atoms with van der Waals surface area (Å²) in [5, 5.41) is 12.4. The summed E-state index contributed by atoms with van der Waals surface area (Å²) >= 11 is 1.25. The number of thiophene rings is 1. The third-order valence-corrected chi connectivity index (χ3v) is 4.45. The summed E-state index contributed by atoms with van der Waals surface area (Å²) in [4.78, 5) is 29.3. The van der Waals surface area contributed by atoms with E-state index in [1.165, 1.54) is 16.2 Å². The number of H-pyrrole nitrogens is 1. The van der Waals surface area contributed by atoms with Crippen molar-refractivity contribution in [1.82, 2.24) is 9.88 Å². The highest BCUT2D eigenvalue weighted by Crippen LogP contribution is 2.40. The number of carbonyl (C=O) groups excluding carboxylic acids is 2. The minimum atomic E-state index is -0.168. The van der Waals surface area contributed by atoms with E-state index in [9.17, 15) is 9.59 Å². The molecule has 0 bridgehead atoms. The van der Waals surface area contributed by atoms with Gasteiger partial charge in [0.1, 0.15) is 5.00 Å². The normalized spacial score (nSPS) is 15.0. The van der Waals surface area contributed by atoms with Gasteiger partial charge in [0.25, 0.3) is 11.8 Å². The number of hydrogen-bond donors (Lipinski definition) is 3.